The number of hydrogen-bond donors (Lipinski definition) is 2. The second-order valence-electron chi connectivity index (χ2n) is 5.31. The van der Waals surface area contributed by atoms with E-state index in [1.807, 2.05) is 6.92 Å². The van der Waals surface area contributed by atoms with Crippen molar-refractivity contribution < 1.29 is 14.7 Å². The van der Waals surface area contributed by atoms with E-state index in [-0.39, 0.29) is 11.5 Å². The second kappa shape index (κ2) is 6.36. The van der Waals surface area contributed by atoms with Gasteiger partial charge in [0.25, 0.3) is 0 Å². The number of carboxylic acid groups (broad SMARTS) is 1. The Bertz CT molecular complexity index is 480. The van der Waals surface area contributed by atoms with Gasteiger partial charge < -0.3 is 10.4 Å². The number of anilines is 1. The lowest BCUT2D eigenvalue weighted by molar-refractivity contribution is -0.117. The first-order valence-electron chi connectivity index (χ1n) is 6.45. The van der Waals surface area contributed by atoms with E-state index in [0.29, 0.717) is 29.5 Å². The molecular formula is C15H21NO3. The highest BCUT2D eigenvalue weighted by Crippen LogP contribution is 2.18. The lowest BCUT2D eigenvalue weighted by atomic mass is 9.94. The van der Waals surface area contributed by atoms with Gasteiger partial charge in [0, 0.05) is 12.1 Å². The van der Waals surface area contributed by atoms with Crippen molar-refractivity contribution in [3.63, 3.8) is 0 Å². The van der Waals surface area contributed by atoms with Crippen LogP contribution in [-0.4, -0.2) is 17.0 Å². The van der Waals surface area contributed by atoms with Crippen molar-refractivity contribution in [3.05, 3.63) is 29.3 Å². The zero-order chi connectivity index (χ0) is 14.6. The maximum atomic E-state index is 11.8. The van der Waals surface area contributed by atoms with Crippen molar-refractivity contribution in [1.82, 2.24) is 0 Å². The van der Waals surface area contributed by atoms with Crippen molar-refractivity contribution in [2.24, 2.45) is 11.8 Å². The molecule has 1 unspecified atom stereocenters. The Kier molecular flexibility index (Phi) is 5.10. The molecule has 0 bridgehead atoms. The standard InChI is InChI=1S/C15H21NO3/c1-9(2)10(3)8-14(17)16-12-5-6-13(15(18)19)11(4)7-12/h5-7,9-10H,8H2,1-4H3,(H,16,17)(H,18,19). The molecule has 0 aliphatic rings. The molecule has 1 amide bonds. The summed E-state index contributed by atoms with van der Waals surface area (Å²) in [6.45, 7) is 7.94. The highest BCUT2D eigenvalue weighted by Gasteiger charge is 2.13. The molecule has 0 saturated heterocycles. The van der Waals surface area contributed by atoms with Crippen LogP contribution in [0.1, 0.15) is 43.1 Å². The van der Waals surface area contributed by atoms with Crippen molar-refractivity contribution >= 4 is 17.6 Å². The van der Waals surface area contributed by atoms with Gasteiger partial charge >= 0.3 is 5.97 Å². The summed E-state index contributed by atoms with van der Waals surface area (Å²) in [6, 6.07) is 4.81. The van der Waals surface area contributed by atoms with Gasteiger partial charge in [-0.2, -0.15) is 0 Å². The average Bonchev–Trinajstić information content (AvgIpc) is 2.27. The molecule has 0 aliphatic carbocycles. The van der Waals surface area contributed by atoms with Crippen LogP contribution in [0, 0.1) is 18.8 Å². The molecule has 0 aromatic heterocycles. The third-order valence-corrected chi connectivity index (χ3v) is 3.39. The third-order valence-electron chi connectivity index (χ3n) is 3.39. The normalized spacial score (nSPS) is 12.3. The summed E-state index contributed by atoms with van der Waals surface area (Å²) >= 11 is 0. The molecule has 4 heteroatoms. The lowest BCUT2D eigenvalue weighted by Crippen LogP contribution is -2.18. The molecular weight excluding hydrogens is 242 g/mol. The van der Waals surface area contributed by atoms with Gasteiger partial charge in [-0.05, 0) is 42.5 Å². The quantitative estimate of drug-likeness (QED) is 0.856. The van der Waals surface area contributed by atoms with E-state index >= 15 is 0 Å². The van der Waals surface area contributed by atoms with Crippen molar-refractivity contribution in [2.45, 2.75) is 34.1 Å². The van der Waals surface area contributed by atoms with E-state index in [0.717, 1.165) is 0 Å². The summed E-state index contributed by atoms with van der Waals surface area (Å²) in [6.07, 6.45) is 0.470. The summed E-state index contributed by atoms with van der Waals surface area (Å²) in [4.78, 5) is 22.7. The Morgan fingerprint density at radius 2 is 1.89 bits per heavy atom. The van der Waals surface area contributed by atoms with Crippen molar-refractivity contribution in [3.8, 4) is 0 Å². The van der Waals surface area contributed by atoms with Gasteiger partial charge in [-0.1, -0.05) is 20.8 Å². The van der Waals surface area contributed by atoms with E-state index in [4.69, 9.17) is 5.11 Å². The monoisotopic (exact) mass is 263 g/mol. The molecule has 104 valence electrons. The Hall–Kier alpha value is -1.84. The Morgan fingerprint density at radius 1 is 1.26 bits per heavy atom. The minimum atomic E-state index is -0.955. The molecule has 1 aromatic carbocycles. The molecule has 2 N–H and O–H groups in total. The van der Waals surface area contributed by atoms with Crippen LogP contribution in [-0.2, 0) is 4.79 Å². The first-order valence-corrected chi connectivity index (χ1v) is 6.45. The molecule has 1 rings (SSSR count). The van der Waals surface area contributed by atoms with Gasteiger partial charge in [0.15, 0.2) is 0 Å². The van der Waals surface area contributed by atoms with Crippen LogP contribution < -0.4 is 5.32 Å². The maximum Gasteiger partial charge on any atom is 0.335 e. The fourth-order valence-corrected chi connectivity index (χ4v) is 1.72. The molecule has 0 saturated carbocycles. The van der Waals surface area contributed by atoms with E-state index < -0.39 is 5.97 Å². The molecule has 1 aromatic rings. The minimum absolute atomic E-state index is 0.0383. The zero-order valence-electron chi connectivity index (χ0n) is 11.9. The van der Waals surface area contributed by atoms with Crippen LogP contribution in [0.3, 0.4) is 0 Å². The van der Waals surface area contributed by atoms with E-state index in [1.165, 1.54) is 6.07 Å². The summed E-state index contributed by atoms with van der Waals surface area (Å²) in [5.74, 6) is -0.214. The number of carboxylic acids is 1. The summed E-state index contributed by atoms with van der Waals surface area (Å²) < 4.78 is 0. The summed E-state index contributed by atoms with van der Waals surface area (Å²) in [5, 5.41) is 11.7. The lowest BCUT2D eigenvalue weighted by Gasteiger charge is -2.15. The predicted octanol–water partition coefficient (Wildman–Crippen LogP) is 3.31. The van der Waals surface area contributed by atoms with Gasteiger partial charge in [-0.25, -0.2) is 4.79 Å². The first-order chi connectivity index (χ1) is 8.81. The van der Waals surface area contributed by atoms with Gasteiger partial charge in [0.05, 0.1) is 5.56 Å². The van der Waals surface area contributed by atoms with E-state index in [9.17, 15) is 9.59 Å². The number of hydrogen-bond acceptors (Lipinski definition) is 2. The molecule has 0 radical (unpaired) electrons. The number of amides is 1. The Morgan fingerprint density at radius 3 is 2.37 bits per heavy atom. The van der Waals surface area contributed by atoms with Crippen LogP contribution in [0.25, 0.3) is 0 Å². The van der Waals surface area contributed by atoms with Gasteiger partial charge in [-0.3, -0.25) is 4.79 Å². The van der Waals surface area contributed by atoms with Crippen LogP contribution in [0.15, 0.2) is 18.2 Å². The topological polar surface area (TPSA) is 66.4 Å². The predicted molar refractivity (Wildman–Crippen MR) is 75.4 cm³/mol. The van der Waals surface area contributed by atoms with Crippen LogP contribution in [0.2, 0.25) is 0 Å². The maximum absolute atomic E-state index is 11.8. The number of carbonyl (C=O) groups excluding carboxylic acids is 1. The smallest absolute Gasteiger partial charge is 0.335 e. The zero-order valence-corrected chi connectivity index (χ0v) is 11.9. The number of aromatic carboxylic acids is 1. The molecule has 0 aliphatic heterocycles. The Balaban J connectivity index is 2.70. The third kappa shape index (κ3) is 4.39. The Labute approximate surface area is 113 Å². The average molecular weight is 263 g/mol. The van der Waals surface area contributed by atoms with Gasteiger partial charge in [0.1, 0.15) is 0 Å². The van der Waals surface area contributed by atoms with Crippen LogP contribution in [0.5, 0.6) is 0 Å². The first kappa shape index (κ1) is 15.2. The van der Waals surface area contributed by atoms with E-state index in [1.54, 1.807) is 19.1 Å². The minimum Gasteiger partial charge on any atom is -0.478 e. The SMILES string of the molecule is Cc1cc(NC(=O)CC(C)C(C)C)ccc1C(=O)O. The van der Waals surface area contributed by atoms with Crippen LogP contribution in [0.4, 0.5) is 5.69 Å². The highest BCUT2D eigenvalue weighted by atomic mass is 16.4. The molecule has 0 fully saturated rings. The highest BCUT2D eigenvalue weighted by molar-refractivity contribution is 5.93. The van der Waals surface area contributed by atoms with E-state index in [2.05, 4.69) is 19.2 Å². The molecule has 0 heterocycles. The number of aryl methyl sites for hydroxylation is 1. The van der Waals surface area contributed by atoms with Crippen molar-refractivity contribution in [2.75, 3.05) is 5.32 Å². The number of benzene rings is 1. The summed E-state index contributed by atoms with van der Waals surface area (Å²) in [7, 11) is 0. The molecule has 4 nitrogen and oxygen atoms in total. The van der Waals surface area contributed by atoms with Crippen LogP contribution >= 0.6 is 0 Å². The number of carbonyl (C=O) groups is 2. The van der Waals surface area contributed by atoms with Gasteiger partial charge in [0.2, 0.25) is 5.91 Å². The van der Waals surface area contributed by atoms with Gasteiger partial charge in [-0.15, -0.1) is 0 Å². The summed E-state index contributed by atoms with van der Waals surface area (Å²) in [5.41, 5.74) is 1.54. The number of nitrogens with one attached hydrogen (secondary N) is 1. The fraction of sp³-hybridized carbons (Fsp3) is 0.467. The molecule has 1 atom stereocenters. The second-order valence-corrected chi connectivity index (χ2v) is 5.31. The molecule has 0 spiro atoms. The fourth-order valence-electron chi connectivity index (χ4n) is 1.72. The number of rotatable bonds is 5. The molecule has 19 heavy (non-hydrogen) atoms. The van der Waals surface area contributed by atoms with Crippen molar-refractivity contribution in [1.29, 1.82) is 0 Å². The largest absolute Gasteiger partial charge is 0.478 e.